The Balaban J connectivity index is 2.05. The Hall–Kier alpha value is -3.23. The van der Waals surface area contributed by atoms with Gasteiger partial charge in [0.2, 0.25) is 5.91 Å². The molecule has 3 rings (SSSR count). The lowest BCUT2D eigenvalue weighted by Crippen LogP contribution is -2.48. The number of thiocarbonyl (C=S) groups is 1. The van der Waals surface area contributed by atoms with Crippen LogP contribution in [-0.2, 0) is 19.1 Å². The molecule has 1 unspecified atom stereocenters. The molecule has 0 spiro atoms. The Morgan fingerprint density at radius 3 is 2.27 bits per heavy atom. The Bertz CT molecular complexity index is 1080. The lowest BCUT2D eigenvalue weighted by molar-refractivity contribution is -0.140. The molecule has 0 saturated carbocycles. The van der Waals surface area contributed by atoms with E-state index in [0.29, 0.717) is 28.7 Å². The lowest BCUT2D eigenvalue weighted by atomic mass is 9.94. The van der Waals surface area contributed by atoms with Crippen LogP contribution in [0.4, 0.5) is 11.4 Å². The molecule has 1 aliphatic rings. The van der Waals surface area contributed by atoms with Crippen LogP contribution in [0, 0.1) is 13.8 Å². The fourth-order valence-corrected chi connectivity index (χ4v) is 4.27. The van der Waals surface area contributed by atoms with Crippen LogP contribution in [0.1, 0.15) is 36.6 Å². The molecule has 0 radical (unpaired) electrons. The first-order chi connectivity index (χ1) is 15.7. The van der Waals surface area contributed by atoms with Crippen molar-refractivity contribution in [2.75, 3.05) is 30.5 Å². The molecular weight excluding hydrogens is 438 g/mol. The van der Waals surface area contributed by atoms with Gasteiger partial charge in [-0.05, 0) is 73.9 Å². The van der Waals surface area contributed by atoms with E-state index in [-0.39, 0.29) is 12.5 Å². The molecule has 1 aliphatic heterocycles. The van der Waals surface area contributed by atoms with Crippen molar-refractivity contribution in [1.29, 1.82) is 0 Å². The molecule has 1 amide bonds. The summed E-state index contributed by atoms with van der Waals surface area (Å²) in [4.78, 5) is 26.4. The quantitative estimate of drug-likeness (QED) is 0.360. The van der Waals surface area contributed by atoms with Crippen molar-refractivity contribution in [2.24, 2.45) is 0 Å². The molecule has 2 N–H and O–H groups in total. The number of esters is 1. The molecule has 0 aliphatic carbocycles. The Morgan fingerprint density at radius 2 is 1.70 bits per heavy atom. The van der Waals surface area contributed by atoms with Crippen LogP contribution >= 0.6 is 12.2 Å². The van der Waals surface area contributed by atoms with E-state index in [4.69, 9.17) is 21.7 Å². The lowest BCUT2D eigenvalue weighted by Gasteiger charge is -2.37. The summed E-state index contributed by atoms with van der Waals surface area (Å²) in [5, 5.41) is 6.55. The minimum Gasteiger partial charge on any atom is -0.460 e. The fraction of sp³-hybridized carbons (Fsp3) is 0.320. The number of anilines is 2. The third-order valence-corrected chi connectivity index (χ3v) is 5.55. The van der Waals surface area contributed by atoms with Gasteiger partial charge in [0.15, 0.2) is 5.11 Å². The van der Waals surface area contributed by atoms with Crippen molar-refractivity contribution < 1.29 is 19.1 Å². The van der Waals surface area contributed by atoms with E-state index >= 15 is 0 Å². The maximum atomic E-state index is 13.2. The second-order valence-electron chi connectivity index (χ2n) is 7.99. The normalized spacial score (nSPS) is 15.8. The molecule has 8 heteroatoms. The molecule has 1 atom stereocenters. The van der Waals surface area contributed by atoms with Crippen molar-refractivity contribution in [3.8, 4) is 0 Å². The number of carbonyl (C=O) groups is 2. The monoisotopic (exact) mass is 467 g/mol. The van der Waals surface area contributed by atoms with Crippen molar-refractivity contribution >= 4 is 40.6 Å². The highest BCUT2D eigenvalue weighted by molar-refractivity contribution is 7.80. The summed E-state index contributed by atoms with van der Waals surface area (Å²) in [6.45, 7) is 7.83. The average Bonchev–Trinajstić information content (AvgIpc) is 2.73. The third kappa shape index (κ3) is 5.77. The maximum absolute atomic E-state index is 13.2. The zero-order chi connectivity index (χ0) is 24.1. The van der Waals surface area contributed by atoms with Gasteiger partial charge in [0.1, 0.15) is 6.61 Å². The molecule has 0 fully saturated rings. The largest absolute Gasteiger partial charge is 0.460 e. The van der Waals surface area contributed by atoms with Gasteiger partial charge in [-0.3, -0.25) is 9.69 Å². The number of hydrogen-bond acceptors (Lipinski definition) is 5. The number of amides is 1. The number of ether oxygens (including phenoxy) is 2. The third-order valence-electron chi connectivity index (χ3n) is 5.25. The highest BCUT2D eigenvalue weighted by atomic mass is 32.1. The molecule has 1 heterocycles. The zero-order valence-corrected chi connectivity index (χ0v) is 20.3. The molecule has 0 aromatic heterocycles. The average molecular weight is 468 g/mol. The number of carbonyl (C=O) groups excluding carboxylic acids is 2. The van der Waals surface area contributed by atoms with E-state index in [1.165, 1.54) is 6.92 Å². The molecule has 0 saturated heterocycles. The van der Waals surface area contributed by atoms with Gasteiger partial charge in [0.25, 0.3) is 0 Å². The van der Waals surface area contributed by atoms with E-state index in [1.807, 2.05) is 49.9 Å². The van der Waals surface area contributed by atoms with E-state index < -0.39 is 12.0 Å². The summed E-state index contributed by atoms with van der Waals surface area (Å²) in [5.74, 6) is -0.591. The zero-order valence-electron chi connectivity index (χ0n) is 19.5. The SMILES string of the molecule is COCCOC(=O)C1=C(C)N(c2cc(C)cc(C)c2)C(=S)NC1c1ccc(NC(C)=O)cc1. The van der Waals surface area contributed by atoms with Gasteiger partial charge in [-0.2, -0.15) is 0 Å². The number of rotatable bonds is 7. The molecule has 7 nitrogen and oxygen atoms in total. The number of nitrogens with one attached hydrogen (secondary N) is 2. The Morgan fingerprint density at radius 1 is 1.06 bits per heavy atom. The van der Waals surface area contributed by atoms with Gasteiger partial charge in [-0.1, -0.05) is 18.2 Å². The predicted molar refractivity (Wildman–Crippen MR) is 133 cm³/mol. The van der Waals surface area contributed by atoms with Crippen molar-refractivity contribution in [3.05, 3.63) is 70.4 Å². The van der Waals surface area contributed by atoms with E-state index in [0.717, 1.165) is 22.4 Å². The number of aryl methyl sites for hydroxylation is 2. The van der Waals surface area contributed by atoms with Crippen LogP contribution in [0.15, 0.2) is 53.7 Å². The van der Waals surface area contributed by atoms with Crippen molar-refractivity contribution in [3.63, 3.8) is 0 Å². The van der Waals surface area contributed by atoms with Crippen LogP contribution in [0.5, 0.6) is 0 Å². The fourth-order valence-electron chi connectivity index (χ4n) is 3.91. The molecule has 33 heavy (non-hydrogen) atoms. The van der Waals surface area contributed by atoms with Gasteiger partial charge >= 0.3 is 5.97 Å². The molecule has 0 bridgehead atoms. The second-order valence-corrected chi connectivity index (χ2v) is 8.38. The summed E-state index contributed by atoms with van der Waals surface area (Å²) < 4.78 is 10.5. The summed E-state index contributed by atoms with van der Waals surface area (Å²) in [6, 6.07) is 12.9. The smallest absolute Gasteiger partial charge is 0.338 e. The standard InChI is InChI=1S/C25H29N3O4S/c1-15-12-16(2)14-21(13-15)28-17(3)22(24(30)32-11-10-31-5)23(27-25(28)33)19-6-8-20(9-7-19)26-18(4)29/h6-9,12-14,23H,10-11H2,1-5H3,(H,26,29)(H,27,33). The summed E-state index contributed by atoms with van der Waals surface area (Å²) >= 11 is 5.73. The van der Waals surface area contributed by atoms with Crippen LogP contribution in [0.2, 0.25) is 0 Å². The van der Waals surface area contributed by atoms with Crippen molar-refractivity contribution in [2.45, 2.75) is 33.7 Å². The first-order valence-electron chi connectivity index (χ1n) is 10.6. The molecule has 2 aromatic rings. The number of benzene rings is 2. The highest BCUT2D eigenvalue weighted by Crippen LogP contribution is 2.35. The van der Waals surface area contributed by atoms with Crippen molar-refractivity contribution in [1.82, 2.24) is 5.32 Å². The van der Waals surface area contributed by atoms with Gasteiger partial charge in [-0.25, -0.2) is 4.79 Å². The van der Waals surface area contributed by atoms with E-state index in [1.54, 1.807) is 19.2 Å². The minimum absolute atomic E-state index is 0.147. The topological polar surface area (TPSA) is 79.9 Å². The first-order valence-corrected chi connectivity index (χ1v) is 11.1. The number of methoxy groups -OCH3 is 1. The van der Waals surface area contributed by atoms with Gasteiger partial charge in [0, 0.05) is 31.1 Å². The Kier molecular flexibility index (Phi) is 7.84. The van der Waals surface area contributed by atoms with Gasteiger partial charge < -0.3 is 20.1 Å². The van der Waals surface area contributed by atoms with E-state index in [2.05, 4.69) is 16.7 Å². The Labute approximate surface area is 199 Å². The number of hydrogen-bond donors (Lipinski definition) is 2. The summed E-state index contributed by atoms with van der Waals surface area (Å²) in [7, 11) is 1.56. The molecule has 174 valence electrons. The molecule has 2 aromatic carbocycles. The van der Waals surface area contributed by atoms with Crippen LogP contribution in [0.3, 0.4) is 0 Å². The summed E-state index contributed by atoms with van der Waals surface area (Å²) in [5.41, 5.74) is 5.73. The highest BCUT2D eigenvalue weighted by Gasteiger charge is 2.35. The molecular formula is C25H29N3O4S. The predicted octanol–water partition coefficient (Wildman–Crippen LogP) is 4.16. The number of nitrogens with zero attached hydrogens (tertiary/aromatic N) is 1. The van der Waals surface area contributed by atoms with Gasteiger partial charge in [-0.15, -0.1) is 0 Å². The summed E-state index contributed by atoms with van der Waals surface area (Å²) in [6.07, 6.45) is 0. The second kappa shape index (κ2) is 10.6. The van der Waals surface area contributed by atoms with E-state index in [9.17, 15) is 9.59 Å². The van der Waals surface area contributed by atoms with Crippen LogP contribution < -0.4 is 15.5 Å². The van der Waals surface area contributed by atoms with Crippen LogP contribution in [0.25, 0.3) is 0 Å². The number of allylic oxidation sites excluding steroid dienone is 1. The van der Waals surface area contributed by atoms with Crippen LogP contribution in [-0.4, -0.2) is 37.3 Å². The minimum atomic E-state index is -0.499. The first kappa shape index (κ1) is 24.4. The maximum Gasteiger partial charge on any atom is 0.338 e. The van der Waals surface area contributed by atoms with Gasteiger partial charge in [0.05, 0.1) is 18.2 Å².